The fourth-order valence-corrected chi connectivity index (χ4v) is 3.25. The van der Waals surface area contributed by atoms with Crippen LogP contribution < -0.4 is 0 Å². The first-order valence-corrected chi connectivity index (χ1v) is 8.46. The minimum absolute atomic E-state index is 0.675. The Balaban J connectivity index is 1.83. The van der Waals surface area contributed by atoms with Crippen molar-refractivity contribution in [2.45, 2.75) is 19.6 Å². The van der Waals surface area contributed by atoms with Crippen LogP contribution in [0.25, 0.3) is 11.0 Å². The largest absolute Gasteiger partial charge is 0.380 e. The standard InChI is InChI=1S/C22H20N2O/c1-16-8-7-9-17(14-16)15-24-20-13-6-5-12-19(20)23-22(24)21(25)18-10-3-2-4-11-18/h2-14,21,25H,15H2,1H3/t21-/m0/s1. The Morgan fingerprint density at radius 3 is 2.48 bits per heavy atom. The van der Waals surface area contributed by atoms with Crippen molar-refractivity contribution < 1.29 is 5.11 Å². The third-order valence-electron chi connectivity index (χ3n) is 4.47. The molecule has 4 rings (SSSR count). The Hall–Kier alpha value is -2.91. The molecule has 0 aliphatic heterocycles. The zero-order valence-corrected chi connectivity index (χ0v) is 14.1. The molecule has 0 unspecified atom stereocenters. The number of rotatable bonds is 4. The lowest BCUT2D eigenvalue weighted by Crippen LogP contribution is -2.11. The number of hydrogen-bond donors (Lipinski definition) is 1. The maximum Gasteiger partial charge on any atom is 0.143 e. The average molecular weight is 328 g/mol. The van der Waals surface area contributed by atoms with Gasteiger partial charge in [-0.15, -0.1) is 0 Å². The fraction of sp³-hybridized carbons (Fsp3) is 0.136. The van der Waals surface area contributed by atoms with Crippen LogP contribution >= 0.6 is 0 Å². The molecule has 1 atom stereocenters. The van der Waals surface area contributed by atoms with Crippen LogP contribution in [0, 0.1) is 6.92 Å². The Bertz CT molecular complexity index is 1000. The maximum atomic E-state index is 10.9. The maximum absolute atomic E-state index is 10.9. The highest BCUT2D eigenvalue weighted by Crippen LogP contribution is 2.26. The molecule has 124 valence electrons. The molecule has 0 aliphatic carbocycles. The number of fused-ring (bicyclic) bond motifs is 1. The van der Waals surface area contributed by atoms with Crippen molar-refractivity contribution >= 4 is 11.0 Å². The molecule has 0 radical (unpaired) electrons. The summed E-state index contributed by atoms with van der Waals surface area (Å²) in [6, 6.07) is 26.2. The molecule has 1 N–H and O–H groups in total. The predicted octanol–water partition coefficient (Wildman–Crippen LogP) is 4.47. The van der Waals surface area contributed by atoms with Crippen LogP contribution in [0.2, 0.25) is 0 Å². The van der Waals surface area contributed by atoms with Crippen LogP contribution in [0.15, 0.2) is 78.9 Å². The van der Waals surface area contributed by atoms with E-state index in [9.17, 15) is 5.11 Å². The Morgan fingerprint density at radius 1 is 0.920 bits per heavy atom. The lowest BCUT2D eigenvalue weighted by atomic mass is 10.1. The molecule has 3 aromatic carbocycles. The molecule has 0 saturated carbocycles. The van der Waals surface area contributed by atoms with E-state index >= 15 is 0 Å². The molecule has 0 bridgehead atoms. The van der Waals surface area contributed by atoms with Crippen LogP contribution in [0.4, 0.5) is 0 Å². The van der Waals surface area contributed by atoms with Crippen molar-refractivity contribution in [2.75, 3.05) is 0 Å². The first-order chi connectivity index (χ1) is 12.2. The summed E-state index contributed by atoms with van der Waals surface area (Å²) < 4.78 is 2.11. The van der Waals surface area contributed by atoms with Gasteiger partial charge >= 0.3 is 0 Å². The van der Waals surface area contributed by atoms with Crippen LogP contribution in [0.1, 0.15) is 28.6 Å². The van der Waals surface area contributed by atoms with E-state index in [4.69, 9.17) is 4.98 Å². The van der Waals surface area contributed by atoms with Gasteiger partial charge < -0.3 is 9.67 Å². The second-order valence-electron chi connectivity index (χ2n) is 6.35. The Morgan fingerprint density at radius 2 is 1.68 bits per heavy atom. The average Bonchev–Trinajstić information content (AvgIpc) is 3.00. The third-order valence-corrected chi connectivity index (χ3v) is 4.47. The fourth-order valence-electron chi connectivity index (χ4n) is 3.25. The molecule has 1 heterocycles. The molecule has 0 spiro atoms. The number of hydrogen-bond acceptors (Lipinski definition) is 2. The van der Waals surface area contributed by atoms with Crippen LogP contribution in [0.5, 0.6) is 0 Å². The van der Waals surface area contributed by atoms with Gasteiger partial charge in [0, 0.05) is 6.54 Å². The molecular formula is C22H20N2O. The van der Waals surface area contributed by atoms with Gasteiger partial charge in [-0.25, -0.2) is 4.98 Å². The van der Waals surface area contributed by atoms with Crippen LogP contribution in [-0.2, 0) is 6.54 Å². The van der Waals surface area contributed by atoms with E-state index in [2.05, 4.69) is 41.8 Å². The van der Waals surface area contributed by atoms with Gasteiger partial charge in [0.25, 0.3) is 0 Å². The van der Waals surface area contributed by atoms with Crippen molar-refractivity contribution in [1.29, 1.82) is 0 Å². The minimum atomic E-state index is -0.751. The highest BCUT2D eigenvalue weighted by Gasteiger charge is 2.19. The van der Waals surface area contributed by atoms with E-state index in [0.29, 0.717) is 12.4 Å². The number of nitrogens with zero attached hydrogens (tertiary/aromatic N) is 2. The molecule has 3 heteroatoms. The first kappa shape index (κ1) is 15.6. The van der Waals surface area contributed by atoms with E-state index < -0.39 is 6.10 Å². The first-order valence-electron chi connectivity index (χ1n) is 8.46. The summed E-state index contributed by atoms with van der Waals surface area (Å²) in [6.07, 6.45) is -0.751. The van der Waals surface area contributed by atoms with Crippen molar-refractivity contribution in [1.82, 2.24) is 9.55 Å². The van der Waals surface area contributed by atoms with E-state index in [-0.39, 0.29) is 0 Å². The topological polar surface area (TPSA) is 38.0 Å². The Labute approximate surface area is 147 Å². The molecule has 1 aromatic heterocycles. The second kappa shape index (κ2) is 6.54. The number of aryl methyl sites for hydroxylation is 1. The molecule has 0 aliphatic rings. The van der Waals surface area contributed by atoms with Crippen molar-refractivity contribution in [2.24, 2.45) is 0 Å². The summed E-state index contributed by atoms with van der Waals surface area (Å²) >= 11 is 0. The highest BCUT2D eigenvalue weighted by atomic mass is 16.3. The molecule has 25 heavy (non-hydrogen) atoms. The zero-order valence-electron chi connectivity index (χ0n) is 14.1. The SMILES string of the molecule is Cc1cccc(Cn2c([C@@H](O)c3ccccc3)nc3ccccc32)c1. The van der Waals surface area contributed by atoms with Gasteiger partial charge in [-0.2, -0.15) is 0 Å². The number of aliphatic hydroxyl groups is 1. The van der Waals surface area contributed by atoms with Crippen molar-refractivity contribution in [3.8, 4) is 0 Å². The quantitative estimate of drug-likeness (QED) is 0.600. The summed E-state index contributed by atoms with van der Waals surface area (Å²) in [6.45, 7) is 2.77. The highest BCUT2D eigenvalue weighted by molar-refractivity contribution is 5.76. The molecule has 0 fully saturated rings. The van der Waals surface area contributed by atoms with E-state index in [1.165, 1.54) is 11.1 Å². The van der Waals surface area contributed by atoms with E-state index in [0.717, 1.165) is 16.6 Å². The Kier molecular flexibility index (Phi) is 4.08. The normalized spacial score (nSPS) is 12.4. The lowest BCUT2D eigenvalue weighted by Gasteiger charge is -2.15. The number of aromatic nitrogens is 2. The monoisotopic (exact) mass is 328 g/mol. The molecule has 0 saturated heterocycles. The van der Waals surface area contributed by atoms with E-state index in [1.807, 2.05) is 48.5 Å². The summed E-state index contributed by atoms with van der Waals surface area (Å²) in [5.74, 6) is 0.675. The number of imidazole rings is 1. The smallest absolute Gasteiger partial charge is 0.143 e. The van der Waals surface area contributed by atoms with Crippen LogP contribution in [-0.4, -0.2) is 14.7 Å². The molecule has 3 nitrogen and oxygen atoms in total. The molecule has 0 amide bonds. The van der Waals surface area contributed by atoms with E-state index in [1.54, 1.807) is 0 Å². The summed E-state index contributed by atoms with van der Waals surface area (Å²) in [5, 5.41) is 10.9. The van der Waals surface area contributed by atoms with Gasteiger partial charge in [0.2, 0.25) is 0 Å². The van der Waals surface area contributed by atoms with Gasteiger partial charge in [-0.3, -0.25) is 0 Å². The minimum Gasteiger partial charge on any atom is -0.380 e. The van der Waals surface area contributed by atoms with Gasteiger partial charge in [-0.1, -0.05) is 72.3 Å². The summed E-state index contributed by atoms with van der Waals surface area (Å²) in [7, 11) is 0. The number of aliphatic hydroxyl groups excluding tert-OH is 1. The van der Waals surface area contributed by atoms with Gasteiger partial charge in [-0.05, 0) is 30.2 Å². The lowest BCUT2D eigenvalue weighted by molar-refractivity contribution is 0.206. The van der Waals surface area contributed by atoms with Crippen molar-refractivity contribution in [3.05, 3.63) is 101 Å². The predicted molar refractivity (Wildman–Crippen MR) is 101 cm³/mol. The van der Waals surface area contributed by atoms with Crippen LogP contribution in [0.3, 0.4) is 0 Å². The third kappa shape index (κ3) is 3.06. The molecular weight excluding hydrogens is 308 g/mol. The van der Waals surface area contributed by atoms with Gasteiger partial charge in [0.15, 0.2) is 0 Å². The summed E-state index contributed by atoms with van der Waals surface area (Å²) in [5.41, 5.74) is 5.22. The molecule has 4 aromatic rings. The number of benzene rings is 3. The summed E-state index contributed by atoms with van der Waals surface area (Å²) in [4.78, 5) is 4.72. The van der Waals surface area contributed by atoms with Gasteiger partial charge in [0.05, 0.1) is 11.0 Å². The zero-order chi connectivity index (χ0) is 17.2. The number of para-hydroxylation sites is 2. The van der Waals surface area contributed by atoms with Crippen molar-refractivity contribution in [3.63, 3.8) is 0 Å². The second-order valence-corrected chi connectivity index (χ2v) is 6.35. The van der Waals surface area contributed by atoms with Gasteiger partial charge in [0.1, 0.15) is 11.9 Å².